The fourth-order valence-electron chi connectivity index (χ4n) is 3.21. The minimum absolute atomic E-state index is 0.0235. The fourth-order valence-corrected chi connectivity index (χ4v) is 3.32. The van der Waals surface area contributed by atoms with Crippen molar-refractivity contribution in [1.29, 1.82) is 0 Å². The Kier molecular flexibility index (Phi) is 6.57. The Balaban J connectivity index is 1.67. The standard InChI is InChI=1S/C22H26ClN3O2/c1-4-21(27)24-14-20-25-18-8-5-6-9-19(18)26(20)10-7-11-28-17-12-15(2)22(23)16(3)13-17/h5-6,8-9,12-13H,4,7,10-11,14H2,1-3H3,(H,24,27). The molecule has 1 aromatic heterocycles. The molecule has 0 aliphatic heterocycles. The van der Waals surface area contributed by atoms with Crippen molar-refractivity contribution in [3.63, 3.8) is 0 Å². The molecular formula is C22H26ClN3O2. The SMILES string of the molecule is CCC(=O)NCc1nc2ccccc2n1CCCOc1cc(C)c(Cl)c(C)c1. The van der Waals surface area contributed by atoms with Crippen LogP contribution in [0.2, 0.25) is 5.02 Å². The number of aryl methyl sites for hydroxylation is 3. The highest BCUT2D eigenvalue weighted by atomic mass is 35.5. The van der Waals surface area contributed by atoms with E-state index < -0.39 is 0 Å². The number of ether oxygens (including phenoxy) is 1. The fraction of sp³-hybridized carbons (Fsp3) is 0.364. The van der Waals surface area contributed by atoms with E-state index in [-0.39, 0.29) is 5.91 Å². The van der Waals surface area contributed by atoms with E-state index in [0.29, 0.717) is 19.6 Å². The first kappa shape index (κ1) is 20.2. The molecule has 1 amide bonds. The summed E-state index contributed by atoms with van der Waals surface area (Å²) in [6.45, 7) is 7.60. The molecule has 1 heterocycles. The monoisotopic (exact) mass is 399 g/mol. The highest BCUT2D eigenvalue weighted by molar-refractivity contribution is 6.32. The molecule has 0 aliphatic rings. The minimum atomic E-state index is 0.0235. The highest BCUT2D eigenvalue weighted by Crippen LogP contribution is 2.26. The van der Waals surface area contributed by atoms with Crippen molar-refractivity contribution in [1.82, 2.24) is 14.9 Å². The number of carbonyl (C=O) groups is 1. The van der Waals surface area contributed by atoms with Gasteiger partial charge >= 0.3 is 0 Å². The molecule has 6 heteroatoms. The summed E-state index contributed by atoms with van der Waals surface area (Å²) < 4.78 is 8.09. The molecule has 0 unspecified atom stereocenters. The van der Waals surface area contributed by atoms with Crippen molar-refractivity contribution in [2.45, 2.75) is 46.7 Å². The summed E-state index contributed by atoms with van der Waals surface area (Å²) in [7, 11) is 0. The number of halogens is 1. The van der Waals surface area contributed by atoms with Crippen LogP contribution in [-0.2, 0) is 17.9 Å². The Labute approximate surface area is 170 Å². The van der Waals surface area contributed by atoms with Gasteiger partial charge in [0.05, 0.1) is 24.2 Å². The lowest BCUT2D eigenvalue weighted by Crippen LogP contribution is -2.23. The minimum Gasteiger partial charge on any atom is -0.494 e. The second-order valence-corrected chi connectivity index (χ2v) is 7.25. The molecule has 0 fully saturated rings. The van der Waals surface area contributed by atoms with Crippen molar-refractivity contribution in [3.8, 4) is 5.75 Å². The number of aromatic nitrogens is 2. The zero-order chi connectivity index (χ0) is 20.1. The third-order valence-corrected chi connectivity index (χ3v) is 5.30. The summed E-state index contributed by atoms with van der Waals surface area (Å²) >= 11 is 6.22. The van der Waals surface area contributed by atoms with Crippen LogP contribution in [0.25, 0.3) is 11.0 Å². The number of rotatable bonds is 8. The van der Waals surface area contributed by atoms with Crippen molar-refractivity contribution in [2.75, 3.05) is 6.61 Å². The number of fused-ring (bicyclic) bond motifs is 1. The Bertz CT molecular complexity index is 958. The molecule has 0 radical (unpaired) electrons. The third kappa shape index (κ3) is 4.65. The molecule has 0 atom stereocenters. The maximum atomic E-state index is 11.6. The van der Waals surface area contributed by atoms with Gasteiger partial charge in [0.2, 0.25) is 5.91 Å². The smallest absolute Gasteiger partial charge is 0.220 e. The summed E-state index contributed by atoms with van der Waals surface area (Å²) in [5.74, 6) is 1.72. The van der Waals surface area contributed by atoms with Gasteiger partial charge in [0.15, 0.2) is 0 Å². The molecule has 0 bridgehead atoms. The van der Waals surface area contributed by atoms with Gasteiger partial charge in [-0.25, -0.2) is 4.98 Å². The molecule has 0 spiro atoms. The van der Waals surface area contributed by atoms with Gasteiger partial charge in [-0.15, -0.1) is 0 Å². The van der Waals surface area contributed by atoms with Crippen LogP contribution in [0.15, 0.2) is 36.4 Å². The lowest BCUT2D eigenvalue weighted by Gasteiger charge is -2.12. The van der Waals surface area contributed by atoms with Gasteiger partial charge in [0.25, 0.3) is 0 Å². The molecule has 0 aliphatic carbocycles. The lowest BCUT2D eigenvalue weighted by atomic mass is 10.1. The number of carbonyl (C=O) groups excluding carboxylic acids is 1. The zero-order valence-electron chi connectivity index (χ0n) is 16.6. The van der Waals surface area contributed by atoms with E-state index in [1.54, 1.807) is 0 Å². The van der Waals surface area contributed by atoms with Gasteiger partial charge in [-0.1, -0.05) is 30.7 Å². The van der Waals surface area contributed by atoms with E-state index in [1.165, 1.54) is 0 Å². The number of hydrogen-bond donors (Lipinski definition) is 1. The summed E-state index contributed by atoms with van der Waals surface area (Å²) in [6, 6.07) is 12.0. The van der Waals surface area contributed by atoms with Crippen LogP contribution >= 0.6 is 11.6 Å². The van der Waals surface area contributed by atoms with E-state index in [4.69, 9.17) is 16.3 Å². The number of para-hydroxylation sites is 2. The molecule has 148 valence electrons. The maximum Gasteiger partial charge on any atom is 0.220 e. The number of amides is 1. The molecule has 0 saturated heterocycles. The van der Waals surface area contributed by atoms with Crippen molar-refractivity contribution in [3.05, 3.63) is 58.4 Å². The molecule has 28 heavy (non-hydrogen) atoms. The largest absolute Gasteiger partial charge is 0.494 e. The quantitative estimate of drug-likeness (QED) is 0.553. The number of nitrogens with one attached hydrogen (secondary N) is 1. The van der Waals surface area contributed by atoms with Gasteiger partial charge < -0.3 is 14.6 Å². The van der Waals surface area contributed by atoms with Gasteiger partial charge in [-0.2, -0.15) is 0 Å². The normalized spacial score (nSPS) is 11.0. The summed E-state index contributed by atoms with van der Waals surface area (Å²) in [4.78, 5) is 16.3. The second kappa shape index (κ2) is 9.11. The van der Waals surface area contributed by atoms with Gasteiger partial charge in [0, 0.05) is 18.0 Å². The van der Waals surface area contributed by atoms with Crippen molar-refractivity contribution >= 4 is 28.5 Å². The number of nitrogens with zero attached hydrogens (tertiary/aromatic N) is 2. The Morgan fingerprint density at radius 2 is 1.93 bits per heavy atom. The van der Waals surface area contributed by atoms with Crippen LogP contribution in [0.3, 0.4) is 0 Å². The predicted molar refractivity (Wildman–Crippen MR) is 113 cm³/mol. The lowest BCUT2D eigenvalue weighted by molar-refractivity contribution is -0.120. The first-order chi connectivity index (χ1) is 13.5. The van der Waals surface area contributed by atoms with Gasteiger partial charge in [-0.05, 0) is 55.7 Å². The average Bonchev–Trinajstić information content (AvgIpc) is 3.05. The van der Waals surface area contributed by atoms with Crippen molar-refractivity contribution in [2.24, 2.45) is 0 Å². The van der Waals surface area contributed by atoms with E-state index in [1.807, 2.05) is 51.1 Å². The number of imidazole rings is 1. The van der Waals surface area contributed by atoms with Crippen molar-refractivity contribution < 1.29 is 9.53 Å². The van der Waals surface area contributed by atoms with Gasteiger partial charge in [-0.3, -0.25) is 4.79 Å². The summed E-state index contributed by atoms with van der Waals surface area (Å²) in [5.41, 5.74) is 4.05. The molecule has 5 nitrogen and oxygen atoms in total. The van der Waals surface area contributed by atoms with E-state index in [9.17, 15) is 4.79 Å². The van der Waals surface area contributed by atoms with Crippen LogP contribution in [-0.4, -0.2) is 22.1 Å². The molecule has 1 N–H and O–H groups in total. The van der Waals surface area contributed by atoms with E-state index in [0.717, 1.165) is 51.7 Å². The maximum absolute atomic E-state index is 11.6. The van der Waals surface area contributed by atoms with E-state index >= 15 is 0 Å². The molecule has 0 saturated carbocycles. The molecular weight excluding hydrogens is 374 g/mol. The first-order valence-electron chi connectivity index (χ1n) is 9.60. The first-order valence-corrected chi connectivity index (χ1v) is 9.97. The zero-order valence-corrected chi connectivity index (χ0v) is 17.3. The topological polar surface area (TPSA) is 56.2 Å². The molecule has 3 aromatic rings. The Morgan fingerprint density at radius 1 is 1.21 bits per heavy atom. The number of benzene rings is 2. The molecule has 2 aromatic carbocycles. The van der Waals surface area contributed by atoms with Crippen LogP contribution in [0.4, 0.5) is 0 Å². The molecule has 3 rings (SSSR count). The van der Waals surface area contributed by atoms with Gasteiger partial charge in [0.1, 0.15) is 11.6 Å². The average molecular weight is 400 g/mol. The summed E-state index contributed by atoms with van der Waals surface area (Å²) in [6.07, 6.45) is 1.30. The van der Waals surface area contributed by atoms with Crippen LogP contribution in [0.5, 0.6) is 5.75 Å². The Morgan fingerprint density at radius 3 is 2.64 bits per heavy atom. The predicted octanol–water partition coefficient (Wildman–Crippen LogP) is 4.80. The third-order valence-electron chi connectivity index (χ3n) is 4.70. The second-order valence-electron chi connectivity index (χ2n) is 6.87. The number of hydrogen-bond acceptors (Lipinski definition) is 3. The summed E-state index contributed by atoms with van der Waals surface area (Å²) in [5, 5.41) is 3.71. The van der Waals surface area contributed by atoms with Crippen LogP contribution in [0.1, 0.15) is 36.7 Å². The van der Waals surface area contributed by atoms with Crippen LogP contribution < -0.4 is 10.1 Å². The van der Waals surface area contributed by atoms with E-state index in [2.05, 4.69) is 20.9 Å². The highest BCUT2D eigenvalue weighted by Gasteiger charge is 2.11. The van der Waals surface area contributed by atoms with Crippen LogP contribution in [0, 0.1) is 13.8 Å². The Hall–Kier alpha value is -2.53.